The van der Waals surface area contributed by atoms with Gasteiger partial charge in [0.2, 0.25) is 6.79 Å². The lowest BCUT2D eigenvalue weighted by Crippen LogP contribution is -2.14. The van der Waals surface area contributed by atoms with Crippen molar-refractivity contribution in [2.45, 2.75) is 25.7 Å². The lowest BCUT2D eigenvalue weighted by Gasteiger charge is -2.11. The number of nitrogens with one attached hydrogen (secondary N) is 1. The Morgan fingerprint density at radius 1 is 1.28 bits per heavy atom. The van der Waals surface area contributed by atoms with E-state index >= 15 is 0 Å². The van der Waals surface area contributed by atoms with Gasteiger partial charge in [-0.05, 0) is 54.6 Å². The molecule has 0 saturated carbocycles. The van der Waals surface area contributed by atoms with Crippen LogP contribution in [0, 0.1) is 13.8 Å². The largest absolute Gasteiger partial charge is 0.454 e. The first-order chi connectivity index (χ1) is 15.2. The molecule has 0 aliphatic carbocycles. The van der Waals surface area contributed by atoms with Crippen LogP contribution in [0.4, 0.5) is 5.88 Å². The predicted octanol–water partition coefficient (Wildman–Crippen LogP) is 4.60. The van der Waals surface area contributed by atoms with E-state index in [1.165, 1.54) is 13.0 Å². The van der Waals surface area contributed by atoms with Gasteiger partial charge in [-0.25, -0.2) is 13.1 Å². The van der Waals surface area contributed by atoms with Crippen molar-refractivity contribution in [3.63, 3.8) is 0 Å². The zero-order chi connectivity index (χ0) is 23.0. The van der Waals surface area contributed by atoms with E-state index in [9.17, 15) is 13.2 Å². The smallest absolute Gasteiger partial charge is 0.308 e. The number of rotatable bonds is 6. The van der Waals surface area contributed by atoms with Crippen molar-refractivity contribution in [2.24, 2.45) is 0 Å². The third kappa shape index (κ3) is 4.31. The van der Waals surface area contributed by atoms with E-state index < -0.39 is 16.0 Å². The van der Waals surface area contributed by atoms with E-state index in [-0.39, 0.29) is 33.2 Å². The summed E-state index contributed by atoms with van der Waals surface area (Å²) < 4.78 is 49.5. The number of anilines is 1. The highest BCUT2D eigenvalue weighted by atomic mass is 35.5. The molecule has 168 valence electrons. The molecular weight excluding hydrogens is 480 g/mol. The van der Waals surface area contributed by atoms with E-state index in [1.807, 2.05) is 6.92 Å². The first kappa shape index (κ1) is 22.2. The molecule has 0 saturated heterocycles. The second-order valence-corrected chi connectivity index (χ2v) is 9.74. The molecule has 0 atom stereocenters. The monoisotopic (exact) mass is 496 g/mol. The standard InChI is InChI=1S/C20H17ClN2O7S2/c1-10-6-14-15(28-9-27-14)7-13(10)8-16(29-12(3)24)19-17(4-5-31-19)32(25,26)23-20-18(21)11(2)22-30-20/h4-8,23H,9H2,1-3H3. The van der Waals surface area contributed by atoms with Crippen molar-refractivity contribution >= 4 is 56.6 Å². The molecule has 0 fully saturated rings. The molecule has 3 heterocycles. The van der Waals surface area contributed by atoms with Crippen LogP contribution in [0.15, 0.2) is 33.0 Å². The number of carbonyl (C=O) groups is 1. The van der Waals surface area contributed by atoms with Crippen LogP contribution in [0.5, 0.6) is 11.5 Å². The van der Waals surface area contributed by atoms with Gasteiger partial charge in [0.15, 0.2) is 11.5 Å². The Bertz CT molecular complexity index is 1340. The number of sulfonamides is 1. The molecule has 4 rings (SSSR count). The summed E-state index contributed by atoms with van der Waals surface area (Å²) in [5.74, 6) is 0.408. The summed E-state index contributed by atoms with van der Waals surface area (Å²) in [5.41, 5.74) is 1.83. The van der Waals surface area contributed by atoms with E-state index in [4.69, 9.17) is 30.3 Å². The maximum atomic E-state index is 13.1. The average Bonchev–Trinajstić information content (AvgIpc) is 3.44. The van der Waals surface area contributed by atoms with E-state index in [0.717, 1.165) is 16.9 Å². The van der Waals surface area contributed by atoms with Gasteiger partial charge in [-0.3, -0.25) is 4.79 Å². The van der Waals surface area contributed by atoms with Gasteiger partial charge in [0.1, 0.15) is 21.4 Å². The number of ether oxygens (including phenoxy) is 3. The van der Waals surface area contributed by atoms with Gasteiger partial charge < -0.3 is 18.7 Å². The van der Waals surface area contributed by atoms with Gasteiger partial charge in [0.05, 0.1) is 4.88 Å². The molecule has 0 radical (unpaired) electrons. The lowest BCUT2D eigenvalue weighted by molar-refractivity contribution is -0.134. The molecule has 0 amide bonds. The fraction of sp³-hybridized carbons (Fsp3) is 0.200. The number of carbonyl (C=O) groups excluding carboxylic acids is 1. The number of esters is 1. The van der Waals surface area contributed by atoms with Gasteiger partial charge >= 0.3 is 5.97 Å². The van der Waals surface area contributed by atoms with Crippen LogP contribution >= 0.6 is 22.9 Å². The molecular formula is C20H17ClN2O7S2. The number of thiophene rings is 1. The maximum Gasteiger partial charge on any atom is 0.308 e. The molecule has 2 aromatic heterocycles. The zero-order valence-electron chi connectivity index (χ0n) is 17.1. The second kappa shape index (κ2) is 8.49. The normalized spacial score (nSPS) is 13.3. The SMILES string of the molecule is CC(=O)OC(=Cc1cc2c(cc1C)OCO2)c1sccc1S(=O)(=O)Nc1onc(C)c1Cl. The summed E-state index contributed by atoms with van der Waals surface area (Å²) >= 11 is 7.13. The fourth-order valence-electron chi connectivity index (χ4n) is 2.94. The minimum atomic E-state index is -4.14. The van der Waals surface area contributed by atoms with Crippen molar-refractivity contribution < 1.29 is 31.9 Å². The van der Waals surface area contributed by atoms with E-state index in [2.05, 4.69) is 9.88 Å². The van der Waals surface area contributed by atoms with Crippen molar-refractivity contribution in [3.05, 3.63) is 50.3 Å². The third-order valence-corrected chi connectivity index (χ3v) is 7.34. The number of hydrogen-bond donors (Lipinski definition) is 1. The minimum absolute atomic E-state index is 0.0529. The molecule has 9 nitrogen and oxygen atoms in total. The van der Waals surface area contributed by atoms with Crippen LogP contribution in [0.3, 0.4) is 0 Å². The lowest BCUT2D eigenvalue weighted by atomic mass is 10.1. The quantitative estimate of drug-likeness (QED) is 0.388. The molecule has 12 heteroatoms. The Morgan fingerprint density at radius 3 is 2.66 bits per heavy atom. The minimum Gasteiger partial charge on any atom is -0.454 e. The summed E-state index contributed by atoms with van der Waals surface area (Å²) in [6.07, 6.45) is 1.58. The highest BCUT2D eigenvalue weighted by Crippen LogP contribution is 2.38. The number of hydrogen-bond acceptors (Lipinski definition) is 9. The van der Waals surface area contributed by atoms with Crippen LogP contribution in [-0.4, -0.2) is 26.3 Å². The summed E-state index contributed by atoms with van der Waals surface area (Å²) in [7, 11) is -4.14. The highest BCUT2D eigenvalue weighted by molar-refractivity contribution is 7.93. The zero-order valence-corrected chi connectivity index (χ0v) is 19.5. The number of aromatic nitrogens is 1. The first-order valence-corrected chi connectivity index (χ1v) is 11.9. The summed E-state index contributed by atoms with van der Waals surface area (Å²) in [4.78, 5) is 11.9. The van der Waals surface area contributed by atoms with Gasteiger partial charge in [0.25, 0.3) is 15.9 Å². The molecule has 1 aliphatic heterocycles. The second-order valence-electron chi connectivity index (χ2n) is 6.79. The van der Waals surface area contributed by atoms with Gasteiger partial charge in [0, 0.05) is 6.92 Å². The molecule has 3 aromatic rings. The topological polar surface area (TPSA) is 117 Å². The van der Waals surface area contributed by atoms with E-state index in [0.29, 0.717) is 22.8 Å². The summed E-state index contributed by atoms with van der Waals surface area (Å²) in [6, 6.07) is 4.92. The Hall–Kier alpha value is -3.02. The third-order valence-electron chi connectivity index (χ3n) is 4.46. The fourth-order valence-corrected chi connectivity index (χ4v) is 5.50. The van der Waals surface area contributed by atoms with Crippen LogP contribution < -0.4 is 14.2 Å². The molecule has 32 heavy (non-hydrogen) atoms. The molecule has 1 N–H and O–H groups in total. The Balaban J connectivity index is 1.77. The van der Waals surface area contributed by atoms with Crippen molar-refractivity contribution in [1.29, 1.82) is 0 Å². The summed E-state index contributed by atoms with van der Waals surface area (Å²) in [6.45, 7) is 4.77. The van der Waals surface area contributed by atoms with Crippen molar-refractivity contribution in [3.8, 4) is 11.5 Å². The predicted molar refractivity (Wildman–Crippen MR) is 118 cm³/mol. The van der Waals surface area contributed by atoms with E-state index in [1.54, 1.807) is 30.5 Å². The number of nitrogens with zero attached hydrogens (tertiary/aromatic N) is 1. The number of halogens is 1. The van der Waals surface area contributed by atoms with Gasteiger partial charge in [-0.1, -0.05) is 16.8 Å². The maximum absolute atomic E-state index is 13.1. The molecule has 1 aliphatic rings. The van der Waals surface area contributed by atoms with Gasteiger partial charge in [-0.2, -0.15) is 0 Å². The molecule has 0 bridgehead atoms. The number of aryl methyl sites for hydroxylation is 2. The Labute approximate surface area is 192 Å². The Morgan fingerprint density at radius 2 is 2.00 bits per heavy atom. The van der Waals surface area contributed by atoms with Crippen LogP contribution in [0.25, 0.3) is 11.8 Å². The highest BCUT2D eigenvalue weighted by Gasteiger charge is 2.27. The molecule has 0 spiro atoms. The average molecular weight is 497 g/mol. The Kier molecular flexibility index (Phi) is 5.89. The van der Waals surface area contributed by atoms with Crippen molar-refractivity contribution in [2.75, 3.05) is 11.5 Å². The van der Waals surface area contributed by atoms with Gasteiger partial charge in [-0.15, -0.1) is 11.3 Å². The summed E-state index contributed by atoms with van der Waals surface area (Å²) in [5, 5.41) is 5.26. The molecule has 0 unspecified atom stereocenters. The van der Waals surface area contributed by atoms with Crippen LogP contribution in [0.1, 0.15) is 28.6 Å². The first-order valence-electron chi connectivity index (χ1n) is 9.18. The molecule has 1 aromatic carbocycles. The number of benzene rings is 1. The van der Waals surface area contributed by atoms with Crippen molar-refractivity contribution in [1.82, 2.24) is 5.16 Å². The van der Waals surface area contributed by atoms with Crippen LogP contribution in [0.2, 0.25) is 5.02 Å². The number of fused-ring (bicyclic) bond motifs is 1. The van der Waals surface area contributed by atoms with Crippen LogP contribution in [-0.2, 0) is 19.6 Å².